The van der Waals surface area contributed by atoms with Gasteiger partial charge in [0.15, 0.2) is 0 Å². The lowest BCUT2D eigenvalue weighted by Gasteiger charge is -2.03. The molecule has 0 aliphatic heterocycles. The van der Waals surface area contributed by atoms with Crippen LogP contribution in [0.1, 0.15) is 38.1 Å². The minimum absolute atomic E-state index is 0.156. The number of hydrogen-bond donors (Lipinski definition) is 2. The highest BCUT2D eigenvalue weighted by Gasteiger charge is 2.15. The summed E-state index contributed by atoms with van der Waals surface area (Å²) in [6.45, 7) is 2.13. The zero-order valence-corrected chi connectivity index (χ0v) is 9.31. The Morgan fingerprint density at radius 1 is 1.56 bits per heavy atom. The van der Waals surface area contributed by atoms with Crippen molar-refractivity contribution < 1.29 is 4.52 Å². The first kappa shape index (κ1) is 10.9. The first-order chi connectivity index (χ1) is 7.81. The van der Waals surface area contributed by atoms with E-state index in [1.165, 1.54) is 0 Å². The normalized spacial score (nSPS) is 12.9. The Balaban J connectivity index is 2.07. The van der Waals surface area contributed by atoms with Gasteiger partial charge in [0.25, 0.3) is 0 Å². The maximum atomic E-state index is 5.94. The van der Waals surface area contributed by atoms with Gasteiger partial charge in [-0.05, 0) is 18.6 Å². The molecule has 0 bridgehead atoms. The fourth-order valence-electron chi connectivity index (χ4n) is 1.51. The molecule has 2 heterocycles. The van der Waals surface area contributed by atoms with Crippen molar-refractivity contribution in [2.24, 2.45) is 5.73 Å². The van der Waals surface area contributed by atoms with Gasteiger partial charge < -0.3 is 15.2 Å². The quantitative estimate of drug-likeness (QED) is 0.809. The van der Waals surface area contributed by atoms with Crippen molar-refractivity contribution in [2.75, 3.05) is 0 Å². The summed E-state index contributed by atoms with van der Waals surface area (Å²) < 4.78 is 5.14. The fraction of sp³-hybridized carbons (Fsp3) is 0.455. The Labute approximate surface area is 94.0 Å². The largest absolute Gasteiger partial charge is 0.359 e. The van der Waals surface area contributed by atoms with Gasteiger partial charge in [0.1, 0.15) is 0 Å². The molecular formula is C11H16N4O. The van der Waals surface area contributed by atoms with Crippen LogP contribution in [0.25, 0.3) is 11.5 Å². The molecule has 2 aromatic heterocycles. The fourth-order valence-corrected chi connectivity index (χ4v) is 1.51. The zero-order chi connectivity index (χ0) is 11.4. The molecule has 0 spiro atoms. The molecule has 0 fully saturated rings. The molecule has 0 aliphatic carbocycles. The van der Waals surface area contributed by atoms with Crippen LogP contribution >= 0.6 is 0 Å². The zero-order valence-electron chi connectivity index (χ0n) is 9.31. The second-order valence-corrected chi connectivity index (χ2v) is 3.79. The molecule has 0 aliphatic rings. The summed E-state index contributed by atoms with van der Waals surface area (Å²) in [5.74, 6) is 1.07. The molecule has 0 unspecified atom stereocenters. The summed E-state index contributed by atoms with van der Waals surface area (Å²) in [5.41, 5.74) is 6.79. The van der Waals surface area contributed by atoms with E-state index in [2.05, 4.69) is 22.0 Å². The Hall–Kier alpha value is -1.62. The first-order valence-corrected chi connectivity index (χ1v) is 5.54. The van der Waals surface area contributed by atoms with Crippen LogP contribution in [0.3, 0.4) is 0 Å². The summed E-state index contributed by atoms with van der Waals surface area (Å²) in [5, 5.41) is 3.89. The molecule has 0 saturated carbocycles. The third-order valence-corrected chi connectivity index (χ3v) is 2.47. The predicted octanol–water partition coefficient (Wildman–Crippen LogP) is 2.25. The van der Waals surface area contributed by atoms with E-state index in [0.29, 0.717) is 11.7 Å². The van der Waals surface area contributed by atoms with Crippen molar-refractivity contribution in [1.82, 2.24) is 15.1 Å². The number of H-pyrrole nitrogens is 1. The third-order valence-electron chi connectivity index (χ3n) is 2.47. The standard InChI is InChI=1S/C11H16N4O/c1-2-3-5-8(12)11-14-10(15-16-11)9-6-4-7-13-9/h4,6-8,13H,2-3,5,12H2,1H3/t8-/m0/s1. The number of aromatic amines is 1. The van der Waals surface area contributed by atoms with Crippen LogP contribution < -0.4 is 5.73 Å². The Morgan fingerprint density at radius 3 is 3.12 bits per heavy atom. The van der Waals surface area contributed by atoms with Crippen molar-refractivity contribution in [3.8, 4) is 11.5 Å². The first-order valence-electron chi connectivity index (χ1n) is 5.54. The van der Waals surface area contributed by atoms with Gasteiger partial charge in [-0.25, -0.2) is 0 Å². The van der Waals surface area contributed by atoms with Gasteiger partial charge in [0.2, 0.25) is 11.7 Å². The van der Waals surface area contributed by atoms with E-state index < -0.39 is 0 Å². The maximum Gasteiger partial charge on any atom is 0.243 e. The molecule has 5 heteroatoms. The molecule has 2 rings (SSSR count). The van der Waals surface area contributed by atoms with E-state index in [4.69, 9.17) is 10.3 Å². The highest BCUT2D eigenvalue weighted by Crippen LogP contribution is 2.18. The summed E-state index contributed by atoms with van der Waals surface area (Å²) >= 11 is 0. The van der Waals surface area contributed by atoms with Crippen molar-refractivity contribution in [3.63, 3.8) is 0 Å². The molecule has 0 saturated heterocycles. The monoisotopic (exact) mass is 220 g/mol. The molecule has 0 aromatic carbocycles. The van der Waals surface area contributed by atoms with Crippen LogP contribution in [0.2, 0.25) is 0 Å². The van der Waals surface area contributed by atoms with Gasteiger partial charge in [0, 0.05) is 6.20 Å². The van der Waals surface area contributed by atoms with Gasteiger partial charge in [-0.2, -0.15) is 4.98 Å². The number of nitrogens with two attached hydrogens (primary N) is 1. The average Bonchev–Trinajstić information content (AvgIpc) is 2.94. The smallest absolute Gasteiger partial charge is 0.243 e. The second-order valence-electron chi connectivity index (χ2n) is 3.79. The number of hydrogen-bond acceptors (Lipinski definition) is 4. The lowest BCUT2D eigenvalue weighted by molar-refractivity contribution is 0.346. The van der Waals surface area contributed by atoms with Crippen molar-refractivity contribution >= 4 is 0 Å². The Morgan fingerprint density at radius 2 is 2.44 bits per heavy atom. The van der Waals surface area contributed by atoms with Crippen LogP contribution in [-0.4, -0.2) is 15.1 Å². The minimum atomic E-state index is -0.156. The number of unbranched alkanes of at least 4 members (excludes halogenated alkanes) is 1. The van der Waals surface area contributed by atoms with E-state index in [1.807, 2.05) is 18.3 Å². The molecule has 16 heavy (non-hydrogen) atoms. The van der Waals surface area contributed by atoms with Crippen LogP contribution in [0, 0.1) is 0 Å². The number of nitrogens with one attached hydrogen (secondary N) is 1. The summed E-state index contributed by atoms with van der Waals surface area (Å²) in [7, 11) is 0. The van der Waals surface area contributed by atoms with E-state index in [1.54, 1.807) is 0 Å². The van der Waals surface area contributed by atoms with Crippen LogP contribution in [0.15, 0.2) is 22.9 Å². The predicted molar refractivity (Wildman–Crippen MR) is 60.5 cm³/mol. The van der Waals surface area contributed by atoms with Crippen LogP contribution in [0.4, 0.5) is 0 Å². The van der Waals surface area contributed by atoms with Gasteiger partial charge in [-0.3, -0.25) is 0 Å². The number of rotatable bonds is 5. The summed E-state index contributed by atoms with van der Waals surface area (Å²) in [6.07, 6.45) is 4.89. The maximum absolute atomic E-state index is 5.94. The van der Waals surface area contributed by atoms with E-state index in [0.717, 1.165) is 25.0 Å². The molecule has 0 radical (unpaired) electrons. The van der Waals surface area contributed by atoms with Crippen LogP contribution in [0.5, 0.6) is 0 Å². The lowest BCUT2D eigenvalue weighted by atomic mass is 10.1. The molecule has 1 atom stereocenters. The van der Waals surface area contributed by atoms with Crippen LogP contribution in [-0.2, 0) is 0 Å². The van der Waals surface area contributed by atoms with E-state index in [-0.39, 0.29) is 6.04 Å². The highest BCUT2D eigenvalue weighted by molar-refractivity contribution is 5.47. The molecule has 86 valence electrons. The highest BCUT2D eigenvalue weighted by atomic mass is 16.5. The minimum Gasteiger partial charge on any atom is -0.359 e. The SMILES string of the molecule is CCCC[C@H](N)c1nc(-c2ccc[nH]2)no1. The van der Waals surface area contributed by atoms with Gasteiger partial charge in [-0.15, -0.1) is 0 Å². The third kappa shape index (κ3) is 2.30. The number of aromatic nitrogens is 3. The molecule has 2 aromatic rings. The van der Waals surface area contributed by atoms with Gasteiger partial charge >= 0.3 is 0 Å². The van der Waals surface area contributed by atoms with Gasteiger partial charge in [0.05, 0.1) is 11.7 Å². The van der Waals surface area contributed by atoms with Crippen molar-refractivity contribution in [3.05, 3.63) is 24.2 Å². The molecule has 0 amide bonds. The summed E-state index contributed by atoms with van der Waals surface area (Å²) in [6, 6.07) is 3.63. The lowest BCUT2D eigenvalue weighted by Crippen LogP contribution is -2.10. The van der Waals surface area contributed by atoms with E-state index in [9.17, 15) is 0 Å². The molecule has 3 N–H and O–H groups in total. The van der Waals surface area contributed by atoms with Crippen molar-refractivity contribution in [2.45, 2.75) is 32.2 Å². The Bertz CT molecular complexity index is 421. The molecular weight excluding hydrogens is 204 g/mol. The van der Waals surface area contributed by atoms with Gasteiger partial charge in [-0.1, -0.05) is 24.9 Å². The summed E-state index contributed by atoms with van der Waals surface area (Å²) in [4.78, 5) is 7.29. The average molecular weight is 220 g/mol. The topological polar surface area (TPSA) is 80.7 Å². The van der Waals surface area contributed by atoms with Crippen molar-refractivity contribution in [1.29, 1.82) is 0 Å². The number of nitrogens with zero attached hydrogens (tertiary/aromatic N) is 2. The van der Waals surface area contributed by atoms with E-state index >= 15 is 0 Å². The molecule has 5 nitrogen and oxygen atoms in total. The second kappa shape index (κ2) is 4.94. The Kier molecular flexibility index (Phi) is 3.36.